The van der Waals surface area contributed by atoms with Gasteiger partial charge in [-0.05, 0) is 43.2 Å². The van der Waals surface area contributed by atoms with Crippen molar-refractivity contribution in [1.29, 1.82) is 5.26 Å². The Morgan fingerprint density at radius 3 is 2.62 bits per heavy atom. The third kappa shape index (κ3) is 4.51. The van der Waals surface area contributed by atoms with Gasteiger partial charge in [0.2, 0.25) is 5.91 Å². The first kappa shape index (κ1) is 20.7. The van der Waals surface area contributed by atoms with Crippen LogP contribution in [0.4, 0.5) is 18.9 Å². The van der Waals surface area contributed by atoms with Crippen molar-refractivity contribution in [3.05, 3.63) is 64.7 Å². The van der Waals surface area contributed by atoms with Gasteiger partial charge in [0, 0.05) is 5.39 Å². The highest BCUT2D eigenvalue weighted by atomic mass is 32.2. The van der Waals surface area contributed by atoms with Crippen LogP contribution in [0.1, 0.15) is 22.3 Å². The summed E-state index contributed by atoms with van der Waals surface area (Å²) in [4.78, 5) is 16.8. The van der Waals surface area contributed by atoms with Crippen LogP contribution in [0.25, 0.3) is 10.9 Å². The molecule has 0 atom stereocenters. The van der Waals surface area contributed by atoms with E-state index in [0.717, 1.165) is 39.9 Å². The second-order valence-electron chi connectivity index (χ2n) is 6.41. The largest absolute Gasteiger partial charge is 0.418 e. The Bertz CT molecular complexity index is 1140. The number of benzene rings is 2. The zero-order chi connectivity index (χ0) is 21.2. The van der Waals surface area contributed by atoms with E-state index < -0.39 is 17.6 Å². The lowest BCUT2D eigenvalue weighted by Gasteiger charge is -2.13. The normalized spacial score (nSPS) is 11.3. The molecule has 8 heteroatoms. The predicted molar refractivity (Wildman–Crippen MR) is 107 cm³/mol. The van der Waals surface area contributed by atoms with Crippen molar-refractivity contribution in [2.45, 2.75) is 25.0 Å². The zero-order valence-corrected chi connectivity index (χ0v) is 16.4. The van der Waals surface area contributed by atoms with Gasteiger partial charge in [-0.2, -0.15) is 18.4 Å². The summed E-state index contributed by atoms with van der Waals surface area (Å²) in [5, 5.41) is 12.9. The van der Waals surface area contributed by atoms with Crippen molar-refractivity contribution in [1.82, 2.24) is 4.98 Å². The zero-order valence-electron chi connectivity index (χ0n) is 15.6. The van der Waals surface area contributed by atoms with Gasteiger partial charge in [0.1, 0.15) is 11.1 Å². The Hall–Kier alpha value is -3.05. The lowest BCUT2D eigenvalue weighted by molar-refractivity contribution is -0.137. The minimum atomic E-state index is -4.57. The van der Waals surface area contributed by atoms with Gasteiger partial charge >= 0.3 is 6.18 Å². The predicted octanol–water partition coefficient (Wildman–Crippen LogP) is 5.47. The van der Waals surface area contributed by atoms with Crippen LogP contribution >= 0.6 is 11.8 Å². The average Bonchev–Trinajstić information content (AvgIpc) is 2.68. The molecule has 4 nitrogen and oxygen atoms in total. The molecule has 1 N–H and O–H groups in total. The molecule has 0 unspecified atom stereocenters. The third-order valence-corrected chi connectivity index (χ3v) is 5.43. The number of carbonyl (C=O) groups excluding carboxylic acids is 1. The van der Waals surface area contributed by atoms with E-state index in [9.17, 15) is 23.2 Å². The monoisotopic (exact) mass is 415 g/mol. The molecule has 3 aromatic rings. The van der Waals surface area contributed by atoms with Gasteiger partial charge in [0.15, 0.2) is 0 Å². The Balaban J connectivity index is 1.82. The Morgan fingerprint density at radius 1 is 1.21 bits per heavy atom. The molecule has 0 aliphatic carbocycles. The third-order valence-electron chi connectivity index (χ3n) is 4.44. The number of thioether (sulfide) groups is 1. The topological polar surface area (TPSA) is 65.8 Å². The number of aromatic nitrogens is 1. The summed E-state index contributed by atoms with van der Waals surface area (Å²) in [6.45, 7) is 3.87. The first-order valence-corrected chi connectivity index (χ1v) is 9.59. The van der Waals surface area contributed by atoms with E-state index in [2.05, 4.69) is 16.4 Å². The summed E-state index contributed by atoms with van der Waals surface area (Å²) >= 11 is 1.01. The van der Waals surface area contributed by atoms with Gasteiger partial charge in [-0.15, -0.1) is 0 Å². The van der Waals surface area contributed by atoms with Crippen LogP contribution in [-0.2, 0) is 11.0 Å². The van der Waals surface area contributed by atoms with Crippen LogP contribution in [0, 0.1) is 25.2 Å². The summed E-state index contributed by atoms with van der Waals surface area (Å²) in [5.41, 5.74) is 1.85. The number of para-hydroxylation sites is 1. The number of pyridine rings is 1. The van der Waals surface area contributed by atoms with Crippen LogP contribution < -0.4 is 5.32 Å². The lowest BCUT2D eigenvalue weighted by atomic mass is 10.0. The quantitative estimate of drug-likeness (QED) is 0.574. The fourth-order valence-corrected chi connectivity index (χ4v) is 3.57. The van der Waals surface area contributed by atoms with E-state index in [-0.39, 0.29) is 11.4 Å². The molecular formula is C21H16F3N3OS. The lowest BCUT2D eigenvalue weighted by Crippen LogP contribution is -2.18. The van der Waals surface area contributed by atoms with E-state index in [1.54, 1.807) is 6.07 Å². The molecule has 0 aliphatic rings. The van der Waals surface area contributed by atoms with Crippen LogP contribution in [0.15, 0.2) is 47.5 Å². The fourth-order valence-electron chi connectivity index (χ4n) is 2.82. The highest BCUT2D eigenvalue weighted by molar-refractivity contribution is 8.00. The summed E-state index contributed by atoms with van der Waals surface area (Å²) in [6, 6.07) is 12.4. The maximum Gasteiger partial charge on any atom is 0.418 e. The number of carbonyl (C=O) groups is 1. The van der Waals surface area contributed by atoms with Gasteiger partial charge in [0.25, 0.3) is 0 Å². The van der Waals surface area contributed by atoms with Gasteiger partial charge in [-0.25, -0.2) is 4.98 Å². The molecule has 3 rings (SSSR count). The number of halogens is 3. The van der Waals surface area contributed by atoms with Crippen LogP contribution in [-0.4, -0.2) is 16.6 Å². The molecule has 1 amide bonds. The molecular weight excluding hydrogens is 399 g/mol. The second kappa shape index (κ2) is 8.13. The maximum atomic E-state index is 13.1. The smallest absolute Gasteiger partial charge is 0.325 e. The average molecular weight is 415 g/mol. The number of fused-ring (bicyclic) bond motifs is 1. The van der Waals surface area contributed by atoms with Gasteiger partial charge in [-0.3, -0.25) is 4.79 Å². The van der Waals surface area contributed by atoms with Gasteiger partial charge < -0.3 is 5.32 Å². The van der Waals surface area contributed by atoms with Crippen molar-refractivity contribution >= 4 is 34.3 Å². The summed E-state index contributed by atoms with van der Waals surface area (Å²) < 4.78 is 39.2. The molecule has 148 valence electrons. The molecule has 1 aromatic heterocycles. The second-order valence-corrected chi connectivity index (χ2v) is 7.38. The highest BCUT2D eigenvalue weighted by Crippen LogP contribution is 2.35. The molecule has 0 aliphatic heterocycles. The number of alkyl halides is 3. The number of hydrogen-bond donors (Lipinski definition) is 1. The number of nitrogens with zero attached hydrogens (tertiary/aromatic N) is 2. The number of nitriles is 1. The Labute approximate surface area is 169 Å². The number of rotatable bonds is 4. The van der Waals surface area contributed by atoms with E-state index in [1.165, 1.54) is 18.2 Å². The summed E-state index contributed by atoms with van der Waals surface area (Å²) in [5.74, 6) is -0.789. The minimum absolute atomic E-state index is 0.176. The maximum absolute atomic E-state index is 13.1. The number of anilines is 1. The number of amides is 1. The SMILES string of the molecule is Cc1ccc2cc(C#N)c(SCC(=O)Nc3ccccc3C(F)(F)F)nc2c1C. The molecule has 0 bridgehead atoms. The van der Waals surface area contributed by atoms with Crippen molar-refractivity contribution in [2.75, 3.05) is 11.1 Å². The molecule has 1 heterocycles. The standard InChI is InChI=1S/C21H16F3N3OS/c1-12-7-8-14-9-15(10-25)20(27-19(14)13(12)2)29-11-18(28)26-17-6-4-3-5-16(17)21(22,23)24/h3-9H,11H2,1-2H3,(H,26,28). The molecule has 0 spiro atoms. The Morgan fingerprint density at radius 2 is 1.93 bits per heavy atom. The van der Waals surface area contributed by atoms with Gasteiger partial charge in [0.05, 0.1) is 28.1 Å². The molecule has 0 saturated heterocycles. The minimum Gasteiger partial charge on any atom is -0.325 e. The van der Waals surface area contributed by atoms with Gasteiger partial charge in [-0.1, -0.05) is 36.0 Å². The first-order valence-electron chi connectivity index (χ1n) is 8.60. The summed E-state index contributed by atoms with van der Waals surface area (Å²) in [6.07, 6.45) is -4.57. The van der Waals surface area contributed by atoms with Crippen molar-refractivity contribution in [3.8, 4) is 6.07 Å². The Kier molecular flexibility index (Phi) is 5.80. The van der Waals surface area contributed by atoms with E-state index >= 15 is 0 Å². The highest BCUT2D eigenvalue weighted by Gasteiger charge is 2.33. The van der Waals surface area contributed by atoms with E-state index in [1.807, 2.05) is 26.0 Å². The number of aryl methyl sites for hydroxylation is 2. The molecule has 0 saturated carbocycles. The van der Waals surface area contributed by atoms with Crippen LogP contribution in [0.5, 0.6) is 0 Å². The van der Waals surface area contributed by atoms with E-state index in [0.29, 0.717) is 10.6 Å². The molecule has 2 aromatic carbocycles. The van der Waals surface area contributed by atoms with E-state index in [4.69, 9.17) is 0 Å². The summed E-state index contributed by atoms with van der Waals surface area (Å²) in [7, 11) is 0. The van der Waals surface area contributed by atoms with Crippen molar-refractivity contribution in [3.63, 3.8) is 0 Å². The number of nitrogens with one attached hydrogen (secondary N) is 1. The van der Waals surface area contributed by atoms with Crippen LogP contribution in [0.3, 0.4) is 0 Å². The first-order chi connectivity index (χ1) is 13.7. The van der Waals surface area contributed by atoms with Crippen LogP contribution in [0.2, 0.25) is 0 Å². The van der Waals surface area contributed by atoms with Crippen molar-refractivity contribution in [2.24, 2.45) is 0 Å². The molecule has 0 fully saturated rings. The van der Waals surface area contributed by atoms with Crippen molar-refractivity contribution < 1.29 is 18.0 Å². The number of hydrogen-bond acceptors (Lipinski definition) is 4. The molecule has 0 radical (unpaired) electrons. The fraction of sp³-hybridized carbons (Fsp3) is 0.190. The molecule has 29 heavy (non-hydrogen) atoms.